The van der Waals surface area contributed by atoms with Crippen molar-refractivity contribution in [3.8, 4) is 23.0 Å². The Labute approximate surface area is 251 Å². The van der Waals surface area contributed by atoms with Crippen LogP contribution in [0.25, 0.3) is 10.8 Å². The molecule has 0 N–H and O–H groups in total. The highest BCUT2D eigenvalue weighted by Gasteiger charge is 2.11. The van der Waals surface area contributed by atoms with Crippen LogP contribution in [0.2, 0.25) is 0 Å². The molecule has 6 aromatic carbocycles. The highest BCUT2D eigenvalue weighted by Crippen LogP contribution is 2.30. The number of ketones is 2. The molecular weight excluding hydrogens is 532 g/mol. The van der Waals surface area contributed by atoms with Crippen molar-refractivity contribution >= 4 is 22.3 Å². The summed E-state index contributed by atoms with van der Waals surface area (Å²) in [6.45, 7) is 4.09. The molecule has 0 saturated carbocycles. The van der Waals surface area contributed by atoms with Crippen molar-refractivity contribution in [1.82, 2.24) is 0 Å². The van der Waals surface area contributed by atoms with Crippen LogP contribution in [-0.2, 0) is 6.42 Å². The lowest BCUT2D eigenvalue weighted by molar-refractivity contribution is 0.103. The number of hydrogen-bond acceptors (Lipinski definition) is 4. The number of hydrogen-bond donors (Lipinski definition) is 0. The maximum absolute atomic E-state index is 12.8. The van der Waals surface area contributed by atoms with Crippen LogP contribution < -0.4 is 9.47 Å². The third-order valence-electron chi connectivity index (χ3n) is 7.43. The standard InChI is InChI=1S/C39H30O4/c1-3-27-6-10-29(11-7-27)39(41)31-14-20-35(21-15-31)43-37-23-17-32-24-36(22-16-33(32)25-37)42-34-18-12-30(13-19-34)38(40)28-8-4-26(2)5-9-28/h4-25H,3H2,1-2H3. The summed E-state index contributed by atoms with van der Waals surface area (Å²) in [6.07, 6.45) is 0.943. The number of benzene rings is 6. The molecule has 6 rings (SSSR count). The molecule has 0 unspecified atom stereocenters. The van der Waals surface area contributed by atoms with Crippen molar-refractivity contribution in [2.24, 2.45) is 0 Å². The minimum atomic E-state index is -0.0163. The van der Waals surface area contributed by atoms with Gasteiger partial charge in [0.05, 0.1) is 0 Å². The zero-order chi connectivity index (χ0) is 29.8. The molecule has 0 bridgehead atoms. The van der Waals surface area contributed by atoms with Gasteiger partial charge in [-0.3, -0.25) is 9.59 Å². The largest absolute Gasteiger partial charge is 0.457 e. The van der Waals surface area contributed by atoms with Crippen LogP contribution in [0.3, 0.4) is 0 Å². The SMILES string of the molecule is CCc1ccc(C(=O)c2ccc(Oc3ccc4cc(Oc5ccc(C(=O)c6ccc(C)cc6)cc5)ccc4c3)cc2)cc1. The first kappa shape index (κ1) is 27.7. The van der Waals surface area contributed by atoms with Crippen LogP contribution in [0.4, 0.5) is 0 Å². The number of carbonyl (C=O) groups excluding carboxylic acids is 2. The maximum Gasteiger partial charge on any atom is 0.193 e. The number of aryl methyl sites for hydroxylation is 2. The normalized spacial score (nSPS) is 10.8. The summed E-state index contributed by atoms with van der Waals surface area (Å²) in [5.74, 6) is 2.68. The van der Waals surface area contributed by atoms with E-state index in [9.17, 15) is 9.59 Å². The van der Waals surface area contributed by atoms with Crippen molar-refractivity contribution in [2.75, 3.05) is 0 Å². The minimum absolute atomic E-state index is 0.00962. The fourth-order valence-corrected chi connectivity index (χ4v) is 4.88. The van der Waals surface area contributed by atoms with Gasteiger partial charge in [-0.25, -0.2) is 0 Å². The Morgan fingerprint density at radius 3 is 1.21 bits per heavy atom. The van der Waals surface area contributed by atoms with E-state index < -0.39 is 0 Å². The van der Waals surface area contributed by atoms with Gasteiger partial charge in [-0.05, 0) is 102 Å². The lowest BCUT2D eigenvalue weighted by Gasteiger charge is -2.10. The molecule has 6 aromatic rings. The zero-order valence-corrected chi connectivity index (χ0v) is 24.0. The maximum atomic E-state index is 12.8. The smallest absolute Gasteiger partial charge is 0.193 e. The molecule has 0 fully saturated rings. The van der Waals surface area contributed by atoms with Gasteiger partial charge in [-0.2, -0.15) is 0 Å². The Hall–Kier alpha value is -5.48. The highest BCUT2D eigenvalue weighted by molar-refractivity contribution is 6.09. The van der Waals surface area contributed by atoms with Crippen LogP contribution >= 0.6 is 0 Å². The fourth-order valence-electron chi connectivity index (χ4n) is 4.88. The van der Waals surface area contributed by atoms with E-state index in [1.54, 1.807) is 24.3 Å². The average Bonchev–Trinajstić information content (AvgIpc) is 3.05. The van der Waals surface area contributed by atoms with Gasteiger partial charge in [0.2, 0.25) is 0 Å². The summed E-state index contributed by atoms with van der Waals surface area (Å²) in [6, 6.07) is 41.4. The molecule has 43 heavy (non-hydrogen) atoms. The molecule has 0 spiro atoms. The molecule has 0 amide bonds. The van der Waals surface area contributed by atoms with Crippen LogP contribution in [0.1, 0.15) is 49.9 Å². The summed E-state index contributed by atoms with van der Waals surface area (Å²) in [5, 5.41) is 2.01. The summed E-state index contributed by atoms with van der Waals surface area (Å²) in [7, 11) is 0. The van der Waals surface area contributed by atoms with Crippen molar-refractivity contribution in [3.05, 3.63) is 167 Å². The second-order valence-electron chi connectivity index (χ2n) is 10.5. The Kier molecular flexibility index (Phi) is 7.84. The quantitative estimate of drug-likeness (QED) is 0.165. The Morgan fingerprint density at radius 1 is 0.465 bits per heavy atom. The van der Waals surface area contributed by atoms with E-state index >= 15 is 0 Å². The van der Waals surface area contributed by atoms with E-state index in [4.69, 9.17) is 9.47 Å². The van der Waals surface area contributed by atoms with Crippen molar-refractivity contribution < 1.29 is 19.1 Å². The molecule has 0 radical (unpaired) electrons. The molecule has 0 aliphatic heterocycles. The first-order chi connectivity index (χ1) is 20.9. The fraction of sp³-hybridized carbons (Fsp3) is 0.0769. The summed E-state index contributed by atoms with van der Waals surface area (Å²) >= 11 is 0. The topological polar surface area (TPSA) is 52.6 Å². The Bertz CT molecular complexity index is 1900. The minimum Gasteiger partial charge on any atom is -0.457 e. The molecule has 0 saturated heterocycles. The van der Waals surface area contributed by atoms with Crippen molar-refractivity contribution in [1.29, 1.82) is 0 Å². The van der Waals surface area contributed by atoms with Crippen LogP contribution in [-0.4, -0.2) is 11.6 Å². The number of rotatable bonds is 9. The summed E-state index contributed by atoms with van der Waals surface area (Å²) in [4.78, 5) is 25.6. The molecule has 0 aliphatic rings. The predicted molar refractivity (Wildman–Crippen MR) is 171 cm³/mol. The lowest BCUT2D eigenvalue weighted by atomic mass is 10.0. The molecule has 0 atom stereocenters. The summed E-state index contributed by atoms with van der Waals surface area (Å²) in [5.41, 5.74) is 4.90. The Balaban J connectivity index is 1.10. The molecule has 0 aliphatic carbocycles. The molecule has 210 valence electrons. The third kappa shape index (κ3) is 6.39. The van der Waals surface area contributed by atoms with Gasteiger partial charge in [0, 0.05) is 22.3 Å². The van der Waals surface area contributed by atoms with Gasteiger partial charge in [-0.1, -0.05) is 73.2 Å². The van der Waals surface area contributed by atoms with Crippen LogP contribution in [0.5, 0.6) is 23.0 Å². The van der Waals surface area contributed by atoms with Gasteiger partial charge in [-0.15, -0.1) is 0 Å². The van der Waals surface area contributed by atoms with Gasteiger partial charge < -0.3 is 9.47 Å². The average molecular weight is 563 g/mol. The van der Waals surface area contributed by atoms with E-state index in [1.165, 1.54) is 5.56 Å². The number of ether oxygens (including phenoxy) is 2. The van der Waals surface area contributed by atoms with E-state index in [0.29, 0.717) is 45.3 Å². The molecular formula is C39H30O4. The van der Waals surface area contributed by atoms with Crippen molar-refractivity contribution in [2.45, 2.75) is 20.3 Å². The second kappa shape index (κ2) is 12.2. The van der Waals surface area contributed by atoms with E-state index in [2.05, 4.69) is 6.92 Å². The van der Waals surface area contributed by atoms with Gasteiger partial charge in [0.15, 0.2) is 11.6 Å². The third-order valence-corrected chi connectivity index (χ3v) is 7.43. The first-order valence-corrected chi connectivity index (χ1v) is 14.3. The summed E-state index contributed by atoms with van der Waals surface area (Å²) < 4.78 is 12.2. The first-order valence-electron chi connectivity index (χ1n) is 14.3. The van der Waals surface area contributed by atoms with E-state index in [1.807, 2.05) is 116 Å². The molecule has 4 heteroatoms. The Morgan fingerprint density at radius 2 is 0.814 bits per heavy atom. The van der Waals surface area contributed by atoms with Crippen molar-refractivity contribution in [3.63, 3.8) is 0 Å². The van der Waals surface area contributed by atoms with Gasteiger partial charge >= 0.3 is 0 Å². The second-order valence-corrected chi connectivity index (χ2v) is 10.5. The number of fused-ring (bicyclic) bond motifs is 1. The highest BCUT2D eigenvalue weighted by atomic mass is 16.5. The monoisotopic (exact) mass is 562 g/mol. The van der Waals surface area contributed by atoms with Gasteiger partial charge in [0.25, 0.3) is 0 Å². The van der Waals surface area contributed by atoms with E-state index in [-0.39, 0.29) is 11.6 Å². The lowest BCUT2D eigenvalue weighted by Crippen LogP contribution is -2.01. The van der Waals surface area contributed by atoms with E-state index in [0.717, 1.165) is 22.8 Å². The predicted octanol–water partition coefficient (Wildman–Crippen LogP) is 9.76. The van der Waals surface area contributed by atoms with Gasteiger partial charge in [0.1, 0.15) is 23.0 Å². The molecule has 4 nitrogen and oxygen atoms in total. The molecule has 0 heterocycles. The van der Waals surface area contributed by atoms with Crippen LogP contribution in [0.15, 0.2) is 133 Å². The molecule has 0 aromatic heterocycles. The number of carbonyl (C=O) groups is 2. The van der Waals surface area contributed by atoms with Crippen LogP contribution in [0, 0.1) is 6.92 Å². The zero-order valence-electron chi connectivity index (χ0n) is 24.0.